The molecule has 1 amide bonds. The van der Waals surface area contributed by atoms with Gasteiger partial charge in [-0.3, -0.25) is 9.59 Å². The molecule has 1 atom stereocenters. The number of hydrogen-bond donors (Lipinski definition) is 1. The van der Waals surface area contributed by atoms with E-state index in [0.717, 1.165) is 0 Å². The number of anilines is 1. The topological polar surface area (TPSA) is 64.6 Å². The van der Waals surface area contributed by atoms with Gasteiger partial charge in [0.15, 0.2) is 17.6 Å². The number of nitrogens with one attached hydrogen (secondary N) is 1. The monoisotopic (exact) mass is 263 g/mol. The first-order chi connectivity index (χ1) is 9.06. The summed E-state index contributed by atoms with van der Waals surface area (Å²) in [7, 11) is 0. The summed E-state index contributed by atoms with van der Waals surface area (Å²) in [4.78, 5) is 22.8. The van der Waals surface area contributed by atoms with E-state index in [-0.39, 0.29) is 11.8 Å². The van der Waals surface area contributed by atoms with Crippen LogP contribution in [0.25, 0.3) is 0 Å². The van der Waals surface area contributed by atoms with E-state index in [0.29, 0.717) is 35.6 Å². The van der Waals surface area contributed by atoms with Crippen molar-refractivity contribution in [2.24, 2.45) is 5.92 Å². The molecule has 0 fully saturated rings. The molecular formula is C14H17NO4. The highest BCUT2D eigenvalue weighted by atomic mass is 16.5. The zero-order valence-corrected chi connectivity index (χ0v) is 11.2. The number of fused-ring (bicyclic) bond motifs is 1. The maximum Gasteiger partial charge on any atom is 0.265 e. The fourth-order valence-corrected chi connectivity index (χ4v) is 1.99. The molecule has 1 unspecified atom stereocenters. The van der Waals surface area contributed by atoms with Crippen LogP contribution in [0.4, 0.5) is 5.69 Å². The number of carbonyl (C=O) groups excluding carboxylic acids is 2. The Labute approximate surface area is 111 Å². The van der Waals surface area contributed by atoms with Crippen molar-refractivity contribution in [1.82, 2.24) is 0 Å². The van der Waals surface area contributed by atoms with E-state index >= 15 is 0 Å². The normalized spacial score (nSPS) is 17.5. The molecule has 0 radical (unpaired) electrons. The second-order valence-electron chi connectivity index (χ2n) is 4.72. The summed E-state index contributed by atoms with van der Waals surface area (Å²) < 4.78 is 11.2. The molecule has 0 saturated heterocycles. The Morgan fingerprint density at radius 2 is 2.21 bits per heavy atom. The predicted octanol–water partition coefficient (Wildman–Crippen LogP) is 2.25. The fraction of sp³-hybridized carbons (Fsp3) is 0.429. The molecule has 2 rings (SSSR count). The third kappa shape index (κ3) is 2.54. The van der Waals surface area contributed by atoms with Crippen LogP contribution in [0.5, 0.6) is 11.5 Å². The molecule has 1 heterocycles. The van der Waals surface area contributed by atoms with Crippen LogP contribution >= 0.6 is 0 Å². The van der Waals surface area contributed by atoms with Crippen LogP contribution in [0.2, 0.25) is 0 Å². The molecule has 1 aliphatic heterocycles. The number of hydrogen-bond acceptors (Lipinski definition) is 4. The molecule has 102 valence electrons. The zero-order chi connectivity index (χ0) is 14.0. The maximum atomic E-state index is 11.9. The lowest BCUT2D eigenvalue weighted by atomic mass is 10.0. The predicted molar refractivity (Wildman–Crippen MR) is 70.9 cm³/mol. The number of amides is 1. The molecule has 0 saturated carbocycles. The lowest BCUT2D eigenvalue weighted by Gasteiger charge is -2.29. The first-order valence-electron chi connectivity index (χ1n) is 6.30. The summed E-state index contributed by atoms with van der Waals surface area (Å²) in [6, 6.07) is 3.20. The third-order valence-corrected chi connectivity index (χ3v) is 2.88. The highest BCUT2D eigenvalue weighted by molar-refractivity contribution is 5.99. The van der Waals surface area contributed by atoms with Crippen molar-refractivity contribution in [3.63, 3.8) is 0 Å². The molecule has 0 bridgehead atoms. The maximum absolute atomic E-state index is 11.9. The minimum Gasteiger partial charge on any atom is -0.490 e. The SMILES string of the molecule is CCOc1cc(C=O)cc2c1OC(C(C)C)C(=O)N2. The van der Waals surface area contributed by atoms with Gasteiger partial charge in [0, 0.05) is 5.56 Å². The second-order valence-corrected chi connectivity index (χ2v) is 4.72. The Hall–Kier alpha value is -2.04. The van der Waals surface area contributed by atoms with Crippen LogP contribution in [0, 0.1) is 5.92 Å². The van der Waals surface area contributed by atoms with Crippen LogP contribution in [-0.2, 0) is 4.79 Å². The van der Waals surface area contributed by atoms with Gasteiger partial charge in [-0.15, -0.1) is 0 Å². The molecule has 0 aliphatic carbocycles. The van der Waals surface area contributed by atoms with Crippen LogP contribution < -0.4 is 14.8 Å². The Bertz CT molecular complexity index is 510. The van der Waals surface area contributed by atoms with E-state index in [1.165, 1.54) is 0 Å². The van der Waals surface area contributed by atoms with E-state index in [2.05, 4.69) is 5.32 Å². The summed E-state index contributed by atoms with van der Waals surface area (Å²) in [6.07, 6.45) is 0.164. The lowest BCUT2D eigenvalue weighted by Crippen LogP contribution is -2.40. The van der Waals surface area contributed by atoms with Crippen molar-refractivity contribution in [3.8, 4) is 11.5 Å². The largest absolute Gasteiger partial charge is 0.490 e. The van der Waals surface area contributed by atoms with E-state index in [1.54, 1.807) is 12.1 Å². The van der Waals surface area contributed by atoms with Crippen molar-refractivity contribution in [2.45, 2.75) is 26.9 Å². The quantitative estimate of drug-likeness (QED) is 0.846. The van der Waals surface area contributed by atoms with Crippen molar-refractivity contribution in [3.05, 3.63) is 17.7 Å². The number of benzene rings is 1. The molecule has 0 aromatic heterocycles. The molecule has 1 aromatic rings. The first-order valence-corrected chi connectivity index (χ1v) is 6.30. The number of carbonyl (C=O) groups is 2. The molecule has 1 aromatic carbocycles. The van der Waals surface area contributed by atoms with E-state index in [4.69, 9.17) is 9.47 Å². The Morgan fingerprint density at radius 1 is 1.47 bits per heavy atom. The molecule has 5 heteroatoms. The van der Waals surface area contributed by atoms with Crippen LogP contribution in [0.3, 0.4) is 0 Å². The van der Waals surface area contributed by atoms with Gasteiger partial charge in [-0.1, -0.05) is 13.8 Å². The number of aldehydes is 1. The Kier molecular flexibility index (Phi) is 3.74. The smallest absolute Gasteiger partial charge is 0.265 e. The van der Waals surface area contributed by atoms with Crippen molar-refractivity contribution in [1.29, 1.82) is 0 Å². The van der Waals surface area contributed by atoms with Gasteiger partial charge in [0.25, 0.3) is 5.91 Å². The zero-order valence-electron chi connectivity index (χ0n) is 11.2. The summed E-state index contributed by atoms with van der Waals surface area (Å²) >= 11 is 0. The first kappa shape index (κ1) is 13.4. The molecule has 1 N–H and O–H groups in total. The molecule has 19 heavy (non-hydrogen) atoms. The van der Waals surface area contributed by atoms with Crippen molar-refractivity contribution >= 4 is 17.9 Å². The summed E-state index contributed by atoms with van der Waals surface area (Å²) in [5.41, 5.74) is 0.920. The van der Waals surface area contributed by atoms with Crippen LogP contribution in [0.1, 0.15) is 31.1 Å². The Morgan fingerprint density at radius 3 is 2.79 bits per heavy atom. The van der Waals surface area contributed by atoms with Gasteiger partial charge in [-0.25, -0.2) is 0 Å². The van der Waals surface area contributed by atoms with E-state index < -0.39 is 6.10 Å². The van der Waals surface area contributed by atoms with Gasteiger partial charge in [-0.2, -0.15) is 0 Å². The van der Waals surface area contributed by atoms with Gasteiger partial charge in [0.2, 0.25) is 0 Å². The van der Waals surface area contributed by atoms with E-state index in [9.17, 15) is 9.59 Å². The fourth-order valence-electron chi connectivity index (χ4n) is 1.99. The molecular weight excluding hydrogens is 246 g/mol. The average molecular weight is 263 g/mol. The van der Waals surface area contributed by atoms with Gasteiger partial charge < -0.3 is 14.8 Å². The highest BCUT2D eigenvalue weighted by Crippen LogP contribution is 2.40. The number of rotatable bonds is 4. The van der Waals surface area contributed by atoms with Crippen molar-refractivity contribution in [2.75, 3.05) is 11.9 Å². The van der Waals surface area contributed by atoms with E-state index in [1.807, 2.05) is 20.8 Å². The molecule has 0 spiro atoms. The van der Waals surface area contributed by atoms with Gasteiger partial charge in [0.1, 0.15) is 6.29 Å². The standard InChI is InChI=1S/C14H17NO4/c1-4-18-11-6-9(7-16)5-10-13(11)19-12(8(2)3)14(17)15-10/h5-8,12H,4H2,1-3H3,(H,15,17). The summed E-state index contributed by atoms with van der Waals surface area (Å²) in [5, 5.41) is 2.76. The van der Waals surface area contributed by atoms with Crippen molar-refractivity contribution < 1.29 is 19.1 Å². The summed E-state index contributed by atoms with van der Waals surface area (Å²) in [5.74, 6) is 0.819. The minimum atomic E-state index is -0.547. The van der Waals surface area contributed by atoms with Gasteiger partial charge in [-0.05, 0) is 25.0 Å². The van der Waals surface area contributed by atoms with Crippen LogP contribution in [-0.4, -0.2) is 24.9 Å². The molecule has 1 aliphatic rings. The Balaban J connectivity index is 2.46. The average Bonchev–Trinajstić information content (AvgIpc) is 2.37. The lowest BCUT2D eigenvalue weighted by molar-refractivity contribution is -0.125. The minimum absolute atomic E-state index is 0.0494. The molecule has 5 nitrogen and oxygen atoms in total. The second kappa shape index (κ2) is 5.30. The summed E-state index contributed by atoms with van der Waals surface area (Å²) in [6.45, 7) is 6.13. The van der Waals surface area contributed by atoms with Gasteiger partial charge >= 0.3 is 0 Å². The number of ether oxygens (including phenoxy) is 2. The third-order valence-electron chi connectivity index (χ3n) is 2.88. The highest BCUT2D eigenvalue weighted by Gasteiger charge is 2.32. The van der Waals surface area contributed by atoms with Gasteiger partial charge in [0.05, 0.1) is 12.3 Å². The van der Waals surface area contributed by atoms with Crippen LogP contribution in [0.15, 0.2) is 12.1 Å².